The SMILES string of the molecule is CNCC1OCc2cn(nn2)CCCC(=O)N(C(C)CO[Si](C)(C(C)C)C(C)C)CC1C. The molecule has 2 heterocycles. The first-order valence-corrected chi connectivity index (χ1v) is 14.7. The van der Waals surface area contributed by atoms with E-state index in [2.05, 4.69) is 63.7 Å². The summed E-state index contributed by atoms with van der Waals surface area (Å²) in [7, 11) is 0.0510. The van der Waals surface area contributed by atoms with Gasteiger partial charge in [-0.05, 0) is 38.0 Å². The molecule has 0 aliphatic carbocycles. The van der Waals surface area contributed by atoms with Crippen LogP contribution in [0.1, 0.15) is 60.1 Å². The third-order valence-corrected chi connectivity index (χ3v) is 12.5. The predicted octanol–water partition coefficient (Wildman–Crippen LogP) is 3.44. The molecule has 0 saturated heterocycles. The van der Waals surface area contributed by atoms with Gasteiger partial charge in [0.25, 0.3) is 0 Å². The average molecular weight is 468 g/mol. The van der Waals surface area contributed by atoms with Crippen molar-refractivity contribution in [2.75, 3.05) is 26.7 Å². The molecular formula is C23H45N5O3Si. The lowest BCUT2D eigenvalue weighted by Crippen LogP contribution is -2.50. The molecule has 0 fully saturated rings. The van der Waals surface area contributed by atoms with Crippen molar-refractivity contribution in [3.05, 3.63) is 11.9 Å². The van der Waals surface area contributed by atoms with Gasteiger partial charge in [0, 0.05) is 32.0 Å². The van der Waals surface area contributed by atoms with Gasteiger partial charge in [-0.2, -0.15) is 0 Å². The number of hydrogen-bond acceptors (Lipinski definition) is 6. The lowest BCUT2D eigenvalue weighted by molar-refractivity contribution is -0.135. The molecule has 3 atom stereocenters. The Morgan fingerprint density at radius 2 is 1.97 bits per heavy atom. The van der Waals surface area contributed by atoms with Crippen LogP contribution < -0.4 is 5.32 Å². The summed E-state index contributed by atoms with van der Waals surface area (Å²) in [5, 5.41) is 11.6. The third kappa shape index (κ3) is 7.10. The number of ether oxygens (including phenoxy) is 1. The van der Waals surface area contributed by atoms with Crippen LogP contribution in [0.25, 0.3) is 0 Å². The minimum absolute atomic E-state index is 0.0204. The number of likely N-dealkylation sites (N-methyl/N-ethyl adjacent to an activating group) is 1. The molecule has 1 aliphatic heterocycles. The topological polar surface area (TPSA) is 81.5 Å². The molecule has 9 heteroatoms. The summed E-state index contributed by atoms with van der Waals surface area (Å²) < 4.78 is 14.6. The van der Waals surface area contributed by atoms with Crippen LogP contribution in [0.3, 0.4) is 0 Å². The van der Waals surface area contributed by atoms with Crippen molar-refractivity contribution < 1.29 is 14.0 Å². The van der Waals surface area contributed by atoms with E-state index in [0.717, 1.165) is 12.1 Å². The summed E-state index contributed by atoms with van der Waals surface area (Å²) in [5.74, 6) is 0.344. The first-order chi connectivity index (χ1) is 15.1. The molecule has 1 N–H and O–H groups in total. The van der Waals surface area contributed by atoms with Gasteiger partial charge in [-0.25, -0.2) is 0 Å². The number of amides is 1. The summed E-state index contributed by atoms with van der Waals surface area (Å²) in [6.45, 7) is 18.7. The van der Waals surface area contributed by atoms with Crippen LogP contribution in [-0.2, 0) is 27.1 Å². The van der Waals surface area contributed by atoms with E-state index < -0.39 is 8.32 Å². The summed E-state index contributed by atoms with van der Waals surface area (Å²) in [6.07, 6.45) is 3.12. The minimum atomic E-state index is -1.88. The zero-order chi connectivity index (χ0) is 23.9. The zero-order valence-corrected chi connectivity index (χ0v) is 22.4. The molecule has 184 valence electrons. The van der Waals surface area contributed by atoms with Gasteiger partial charge in [-0.3, -0.25) is 9.48 Å². The van der Waals surface area contributed by atoms with Crippen LogP contribution in [0.4, 0.5) is 0 Å². The van der Waals surface area contributed by atoms with Crippen molar-refractivity contribution in [2.24, 2.45) is 5.92 Å². The van der Waals surface area contributed by atoms with Crippen LogP contribution in [-0.4, -0.2) is 73.0 Å². The number of aromatic nitrogens is 3. The van der Waals surface area contributed by atoms with Crippen LogP contribution in [0, 0.1) is 5.92 Å². The van der Waals surface area contributed by atoms with Gasteiger partial charge >= 0.3 is 0 Å². The van der Waals surface area contributed by atoms with E-state index in [1.54, 1.807) is 4.68 Å². The molecule has 2 rings (SSSR count). The maximum Gasteiger partial charge on any atom is 0.222 e. The number of hydrogen-bond donors (Lipinski definition) is 1. The van der Waals surface area contributed by atoms with Crippen LogP contribution in [0.15, 0.2) is 6.20 Å². The van der Waals surface area contributed by atoms with Crippen molar-refractivity contribution in [3.63, 3.8) is 0 Å². The van der Waals surface area contributed by atoms with Crippen LogP contribution in [0.2, 0.25) is 17.6 Å². The summed E-state index contributed by atoms with van der Waals surface area (Å²) in [4.78, 5) is 15.3. The first kappa shape index (κ1) is 27.0. The fraction of sp³-hybridized carbons (Fsp3) is 0.870. The van der Waals surface area contributed by atoms with Gasteiger partial charge in [0.2, 0.25) is 5.91 Å². The molecule has 1 amide bonds. The normalized spacial score (nSPS) is 22.6. The Labute approximate surface area is 195 Å². The predicted molar refractivity (Wildman–Crippen MR) is 130 cm³/mol. The molecule has 1 aromatic rings. The molecule has 0 spiro atoms. The minimum Gasteiger partial charge on any atom is -0.414 e. The highest BCUT2D eigenvalue weighted by Gasteiger charge is 2.38. The van der Waals surface area contributed by atoms with E-state index in [1.807, 2.05) is 18.1 Å². The van der Waals surface area contributed by atoms with Crippen molar-refractivity contribution in [1.29, 1.82) is 0 Å². The molecule has 0 radical (unpaired) electrons. The Morgan fingerprint density at radius 3 is 2.59 bits per heavy atom. The number of fused-ring (bicyclic) bond motifs is 2. The smallest absolute Gasteiger partial charge is 0.222 e. The second kappa shape index (κ2) is 12.2. The maximum absolute atomic E-state index is 13.3. The van der Waals surface area contributed by atoms with Gasteiger partial charge in [0.15, 0.2) is 8.32 Å². The molecule has 32 heavy (non-hydrogen) atoms. The largest absolute Gasteiger partial charge is 0.414 e. The van der Waals surface area contributed by atoms with E-state index in [-0.39, 0.29) is 24.0 Å². The van der Waals surface area contributed by atoms with Gasteiger partial charge in [0.1, 0.15) is 5.69 Å². The highest BCUT2D eigenvalue weighted by molar-refractivity contribution is 6.75. The van der Waals surface area contributed by atoms with E-state index >= 15 is 0 Å². The lowest BCUT2D eigenvalue weighted by Gasteiger charge is -2.39. The van der Waals surface area contributed by atoms with Gasteiger partial charge in [0.05, 0.1) is 31.6 Å². The number of aryl methyl sites for hydroxylation is 1. The fourth-order valence-corrected chi connectivity index (χ4v) is 6.81. The third-order valence-electron chi connectivity index (χ3n) is 7.11. The Bertz CT molecular complexity index is 704. The molecule has 2 bridgehead atoms. The Hall–Kier alpha value is -1.29. The van der Waals surface area contributed by atoms with Crippen LogP contribution in [0.5, 0.6) is 0 Å². The van der Waals surface area contributed by atoms with Crippen LogP contribution >= 0.6 is 0 Å². The Kier molecular flexibility index (Phi) is 10.3. The monoisotopic (exact) mass is 467 g/mol. The molecule has 0 saturated carbocycles. The summed E-state index contributed by atoms with van der Waals surface area (Å²) in [6, 6.07) is 0.0204. The summed E-state index contributed by atoms with van der Waals surface area (Å²) in [5.41, 5.74) is 1.88. The van der Waals surface area contributed by atoms with Gasteiger partial charge < -0.3 is 19.4 Å². The van der Waals surface area contributed by atoms with Crippen molar-refractivity contribution in [2.45, 2.75) is 97.3 Å². The van der Waals surface area contributed by atoms with Gasteiger partial charge in [-0.15, -0.1) is 5.10 Å². The molecule has 1 aliphatic rings. The van der Waals surface area contributed by atoms with Crippen molar-refractivity contribution in [1.82, 2.24) is 25.2 Å². The fourth-order valence-electron chi connectivity index (χ4n) is 4.21. The average Bonchev–Trinajstić information content (AvgIpc) is 3.19. The van der Waals surface area contributed by atoms with Crippen molar-refractivity contribution >= 4 is 14.2 Å². The highest BCUT2D eigenvalue weighted by Crippen LogP contribution is 2.33. The molecular weight excluding hydrogens is 422 g/mol. The van der Waals surface area contributed by atoms with E-state index in [4.69, 9.17) is 9.16 Å². The summed E-state index contributed by atoms with van der Waals surface area (Å²) >= 11 is 0. The number of nitrogens with one attached hydrogen (secondary N) is 1. The molecule has 1 aromatic heterocycles. The van der Waals surface area contributed by atoms with E-state index in [0.29, 0.717) is 50.4 Å². The van der Waals surface area contributed by atoms with Crippen molar-refractivity contribution in [3.8, 4) is 0 Å². The second-order valence-corrected chi connectivity index (χ2v) is 15.1. The second-order valence-electron chi connectivity index (χ2n) is 10.2. The first-order valence-electron chi connectivity index (χ1n) is 12.2. The molecule has 0 aromatic carbocycles. The Morgan fingerprint density at radius 1 is 1.28 bits per heavy atom. The Balaban J connectivity index is 2.17. The highest BCUT2D eigenvalue weighted by atomic mass is 28.4. The number of carbonyl (C=O) groups excluding carboxylic acids is 1. The number of carbonyl (C=O) groups is 1. The maximum atomic E-state index is 13.3. The lowest BCUT2D eigenvalue weighted by atomic mass is 10.0. The van der Waals surface area contributed by atoms with E-state index in [1.165, 1.54) is 0 Å². The molecule has 3 unspecified atom stereocenters. The van der Waals surface area contributed by atoms with E-state index in [9.17, 15) is 4.79 Å². The van der Waals surface area contributed by atoms with Gasteiger partial charge in [-0.1, -0.05) is 39.8 Å². The number of rotatable bonds is 8. The number of nitrogens with zero attached hydrogens (tertiary/aromatic N) is 4. The zero-order valence-electron chi connectivity index (χ0n) is 21.4. The quantitative estimate of drug-likeness (QED) is 0.590. The molecule has 8 nitrogen and oxygen atoms in total. The standard InChI is InChI=1S/C23H45N5O3Si/c1-17(2)32(8,18(3)4)31-15-20(6)28-13-19(5)22(12-24-7)30-16-21-14-27(26-25-21)11-9-10-23(28)29/h14,17-20,22,24H,9-13,15-16H2,1-8H3.